The number of hydrogen-bond acceptors (Lipinski definition) is 5. The molecule has 2 aliphatic carbocycles. The predicted octanol–water partition coefficient (Wildman–Crippen LogP) is 4.04. The highest BCUT2D eigenvalue weighted by molar-refractivity contribution is 6.30. The molecule has 1 aliphatic heterocycles. The van der Waals surface area contributed by atoms with E-state index in [1.807, 2.05) is 25.1 Å². The molecule has 2 fully saturated rings. The highest BCUT2D eigenvalue weighted by Gasteiger charge is 2.58. The van der Waals surface area contributed by atoms with Crippen LogP contribution in [0.15, 0.2) is 42.5 Å². The SMILES string of the molecule is CNC(=O)Nc1ccc2c(c1)CC[C@@]21OC(=O)N(CC(=O)N(Cc2cccc(Cl)c2)[C@@H](C)C2CC2)C1=O. The highest BCUT2D eigenvalue weighted by atomic mass is 35.5. The van der Waals surface area contributed by atoms with E-state index in [1.54, 1.807) is 29.2 Å². The molecule has 37 heavy (non-hydrogen) atoms. The molecule has 0 unspecified atom stereocenters. The lowest BCUT2D eigenvalue weighted by Gasteiger charge is -2.31. The van der Waals surface area contributed by atoms with Gasteiger partial charge in [-0.25, -0.2) is 14.5 Å². The van der Waals surface area contributed by atoms with Crippen molar-refractivity contribution in [1.29, 1.82) is 0 Å². The Morgan fingerprint density at radius 3 is 2.70 bits per heavy atom. The van der Waals surface area contributed by atoms with E-state index in [-0.39, 0.29) is 30.9 Å². The number of fused-ring (bicyclic) bond motifs is 2. The third kappa shape index (κ3) is 4.75. The van der Waals surface area contributed by atoms with E-state index >= 15 is 0 Å². The van der Waals surface area contributed by atoms with Crippen LogP contribution >= 0.6 is 11.6 Å². The second kappa shape index (κ2) is 9.70. The molecular formula is C27H29ClN4O5. The van der Waals surface area contributed by atoms with Crippen molar-refractivity contribution in [1.82, 2.24) is 15.1 Å². The summed E-state index contributed by atoms with van der Waals surface area (Å²) in [6.45, 7) is 1.95. The molecule has 5 rings (SSSR count). The average molecular weight is 525 g/mol. The Labute approximate surface area is 220 Å². The topological polar surface area (TPSA) is 108 Å². The number of benzene rings is 2. The summed E-state index contributed by atoms with van der Waals surface area (Å²) in [6.07, 6.45) is 2.05. The van der Waals surface area contributed by atoms with Crippen LogP contribution in [0.25, 0.3) is 0 Å². The van der Waals surface area contributed by atoms with Crippen LogP contribution in [0.5, 0.6) is 0 Å². The maximum atomic E-state index is 13.6. The molecule has 10 heteroatoms. The molecule has 1 spiro atoms. The van der Waals surface area contributed by atoms with Gasteiger partial charge in [0.05, 0.1) is 0 Å². The van der Waals surface area contributed by atoms with Crippen molar-refractivity contribution in [3.8, 4) is 0 Å². The van der Waals surface area contributed by atoms with Gasteiger partial charge in [0.25, 0.3) is 5.91 Å². The minimum absolute atomic E-state index is 0.0346. The minimum Gasteiger partial charge on any atom is -0.427 e. The average Bonchev–Trinajstić information content (AvgIpc) is 3.63. The van der Waals surface area contributed by atoms with Gasteiger partial charge >= 0.3 is 12.1 Å². The van der Waals surface area contributed by atoms with Gasteiger partial charge in [0.1, 0.15) is 6.54 Å². The molecule has 2 aromatic carbocycles. The fraction of sp³-hybridized carbons (Fsp3) is 0.407. The van der Waals surface area contributed by atoms with Crippen LogP contribution in [0.4, 0.5) is 15.3 Å². The molecule has 1 saturated carbocycles. The molecule has 1 heterocycles. The van der Waals surface area contributed by atoms with Gasteiger partial charge in [-0.1, -0.05) is 29.8 Å². The number of anilines is 1. The third-order valence-corrected chi connectivity index (χ3v) is 7.73. The van der Waals surface area contributed by atoms with Crippen molar-refractivity contribution < 1.29 is 23.9 Å². The van der Waals surface area contributed by atoms with Crippen molar-refractivity contribution in [2.45, 2.75) is 50.8 Å². The van der Waals surface area contributed by atoms with Crippen molar-refractivity contribution in [2.24, 2.45) is 5.92 Å². The lowest BCUT2D eigenvalue weighted by atomic mass is 9.94. The van der Waals surface area contributed by atoms with Crippen LogP contribution in [0.1, 0.15) is 42.9 Å². The monoisotopic (exact) mass is 524 g/mol. The number of carbonyl (C=O) groups excluding carboxylic acids is 4. The van der Waals surface area contributed by atoms with Gasteiger partial charge in [-0.3, -0.25) is 9.59 Å². The van der Waals surface area contributed by atoms with Crippen molar-refractivity contribution >= 4 is 41.2 Å². The van der Waals surface area contributed by atoms with E-state index in [0.717, 1.165) is 28.9 Å². The van der Waals surface area contributed by atoms with E-state index in [4.69, 9.17) is 16.3 Å². The molecular weight excluding hydrogens is 496 g/mol. The Morgan fingerprint density at radius 1 is 1.22 bits per heavy atom. The number of nitrogens with one attached hydrogen (secondary N) is 2. The first-order valence-corrected chi connectivity index (χ1v) is 12.8. The molecule has 2 atom stereocenters. The van der Waals surface area contributed by atoms with E-state index < -0.39 is 17.6 Å². The molecule has 5 amide bonds. The number of imide groups is 1. The first-order chi connectivity index (χ1) is 17.7. The van der Waals surface area contributed by atoms with Crippen LogP contribution in [0.3, 0.4) is 0 Å². The molecule has 9 nitrogen and oxygen atoms in total. The van der Waals surface area contributed by atoms with Gasteiger partial charge < -0.3 is 20.3 Å². The zero-order chi connectivity index (χ0) is 26.3. The number of halogens is 1. The normalized spacial score (nSPS) is 21.0. The molecule has 2 N–H and O–H groups in total. The molecule has 194 valence electrons. The number of hydrogen-bond donors (Lipinski definition) is 2. The van der Waals surface area contributed by atoms with E-state index in [2.05, 4.69) is 10.6 Å². The Bertz CT molecular complexity index is 1280. The minimum atomic E-state index is -1.45. The Balaban J connectivity index is 1.35. The summed E-state index contributed by atoms with van der Waals surface area (Å²) in [5.74, 6) is -0.446. The van der Waals surface area contributed by atoms with Gasteiger partial charge in [0.2, 0.25) is 11.5 Å². The molecule has 1 saturated heterocycles. The van der Waals surface area contributed by atoms with Crippen LogP contribution < -0.4 is 10.6 Å². The van der Waals surface area contributed by atoms with Crippen molar-refractivity contribution in [2.75, 3.05) is 18.9 Å². The largest absolute Gasteiger partial charge is 0.427 e. The smallest absolute Gasteiger partial charge is 0.418 e. The number of ether oxygens (including phenoxy) is 1. The van der Waals surface area contributed by atoms with Crippen LogP contribution in [0, 0.1) is 5.92 Å². The highest BCUT2D eigenvalue weighted by Crippen LogP contribution is 2.46. The number of amides is 5. The maximum Gasteiger partial charge on any atom is 0.418 e. The Morgan fingerprint density at radius 2 is 2.00 bits per heavy atom. The van der Waals surface area contributed by atoms with Crippen LogP contribution in [-0.2, 0) is 32.9 Å². The maximum absolute atomic E-state index is 13.6. The fourth-order valence-electron chi connectivity index (χ4n) is 5.27. The van der Waals surface area contributed by atoms with Gasteiger partial charge in [-0.15, -0.1) is 0 Å². The van der Waals surface area contributed by atoms with Crippen molar-refractivity contribution in [3.05, 3.63) is 64.2 Å². The van der Waals surface area contributed by atoms with Crippen LogP contribution in [0.2, 0.25) is 5.02 Å². The number of nitrogens with zero attached hydrogens (tertiary/aromatic N) is 2. The first-order valence-electron chi connectivity index (χ1n) is 12.4. The summed E-state index contributed by atoms with van der Waals surface area (Å²) < 4.78 is 5.69. The number of carbonyl (C=O) groups is 4. The first kappa shape index (κ1) is 25.1. The van der Waals surface area contributed by atoms with Gasteiger partial charge in [-0.05, 0) is 67.5 Å². The zero-order valence-electron chi connectivity index (χ0n) is 20.8. The summed E-state index contributed by atoms with van der Waals surface area (Å²) in [5.41, 5.74) is 1.41. The molecule has 0 bridgehead atoms. The summed E-state index contributed by atoms with van der Waals surface area (Å²) in [7, 11) is 1.52. The Hall–Kier alpha value is -3.59. The second-order valence-electron chi connectivity index (χ2n) is 9.89. The van der Waals surface area contributed by atoms with Gasteiger partial charge in [-0.2, -0.15) is 0 Å². The number of urea groups is 1. The molecule has 3 aliphatic rings. The predicted molar refractivity (Wildman–Crippen MR) is 137 cm³/mol. The van der Waals surface area contributed by atoms with E-state index in [0.29, 0.717) is 35.2 Å². The summed E-state index contributed by atoms with van der Waals surface area (Å²) >= 11 is 6.15. The van der Waals surface area contributed by atoms with Crippen molar-refractivity contribution in [3.63, 3.8) is 0 Å². The van der Waals surface area contributed by atoms with E-state index in [9.17, 15) is 19.2 Å². The zero-order valence-corrected chi connectivity index (χ0v) is 21.5. The molecule has 2 aromatic rings. The third-order valence-electron chi connectivity index (χ3n) is 7.50. The lowest BCUT2D eigenvalue weighted by Crippen LogP contribution is -2.47. The Kier molecular flexibility index (Phi) is 6.58. The van der Waals surface area contributed by atoms with Gasteiger partial charge in [0, 0.05) is 42.3 Å². The van der Waals surface area contributed by atoms with Gasteiger partial charge in [0.15, 0.2) is 0 Å². The molecule has 0 radical (unpaired) electrons. The lowest BCUT2D eigenvalue weighted by molar-refractivity contribution is -0.143. The fourth-order valence-corrected chi connectivity index (χ4v) is 5.49. The number of aryl methyl sites for hydroxylation is 1. The second-order valence-corrected chi connectivity index (χ2v) is 10.3. The summed E-state index contributed by atoms with van der Waals surface area (Å²) in [4.78, 5) is 54.4. The van der Waals surface area contributed by atoms with E-state index in [1.165, 1.54) is 7.05 Å². The van der Waals surface area contributed by atoms with Crippen LogP contribution in [-0.4, -0.2) is 53.4 Å². The standard InChI is InChI=1S/C27H29ClN4O5/c1-16(18-6-7-18)31(14-17-4-3-5-20(28)12-17)23(33)15-32-24(34)27(37-26(32)36)11-10-19-13-21(8-9-22(19)27)30-25(35)29-2/h3-5,8-9,12-13,16,18H,6-7,10-11,14-15H2,1-2H3,(H2,29,30,35)/t16-,27+/m0/s1. The summed E-state index contributed by atoms with van der Waals surface area (Å²) in [6, 6.07) is 12.1. The summed E-state index contributed by atoms with van der Waals surface area (Å²) in [5, 5.41) is 5.77. The number of rotatable bonds is 7. The quantitative estimate of drug-likeness (QED) is 0.568. The molecule has 0 aromatic heterocycles.